The zero-order chi connectivity index (χ0) is 11.3. The Morgan fingerprint density at radius 2 is 1.57 bits per heavy atom. The average molecular weight is 202 g/mol. The number of carboxylic acids is 2. The predicted molar refractivity (Wildman–Crippen MR) is 43.7 cm³/mol. The summed E-state index contributed by atoms with van der Waals surface area (Å²) in [7, 11) is 0. The van der Waals surface area contributed by atoms with Crippen LogP contribution >= 0.6 is 0 Å². The fourth-order valence-corrected chi connectivity index (χ4v) is 0.913. The zero-order valence-electron chi connectivity index (χ0n) is 7.52. The fourth-order valence-electron chi connectivity index (χ4n) is 0.913. The lowest BCUT2D eigenvalue weighted by atomic mass is 9.97. The van der Waals surface area contributed by atoms with E-state index in [1.807, 2.05) is 0 Å². The van der Waals surface area contributed by atoms with Gasteiger partial charge in [-0.25, -0.2) is 0 Å². The molecule has 0 heterocycles. The molecule has 14 heavy (non-hydrogen) atoms. The minimum atomic E-state index is -1.73. The first-order valence-corrected chi connectivity index (χ1v) is 3.84. The SMILES string of the molecule is CC(=O)C(C(=O)O)C(=O)CCC(=O)O. The van der Waals surface area contributed by atoms with E-state index < -0.39 is 42.3 Å². The van der Waals surface area contributed by atoms with Gasteiger partial charge in [0.1, 0.15) is 0 Å². The van der Waals surface area contributed by atoms with Crippen LogP contribution in [0.2, 0.25) is 0 Å². The molecule has 6 nitrogen and oxygen atoms in total. The van der Waals surface area contributed by atoms with Crippen LogP contribution in [0.3, 0.4) is 0 Å². The highest BCUT2D eigenvalue weighted by Gasteiger charge is 2.30. The first-order chi connectivity index (χ1) is 6.36. The molecule has 0 radical (unpaired) electrons. The predicted octanol–water partition coefficient (Wildman–Crippen LogP) is -0.290. The summed E-state index contributed by atoms with van der Waals surface area (Å²) < 4.78 is 0. The Labute approximate surface area is 79.5 Å². The number of hydrogen-bond donors (Lipinski definition) is 2. The highest BCUT2D eigenvalue weighted by atomic mass is 16.4. The second-order valence-electron chi connectivity index (χ2n) is 2.74. The van der Waals surface area contributed by atoms with Gasteiger partial charge < -0.3 is 10.2 Å². The molecule has 0 bridgehead atoms. The van der Waals surface area contributed by atoms with Crippen molar-refractivity contribution in [1.29, 1.82) is 0 Å². The highest BCUT2D eigenvalue weighted by molar-refractivity contribution is 6.16. The van der Waals surface area contributed by atoms with Gasteiger partial charge in [0.15, 0.2) is 17.5 Å². The lowest BCUT2D eigenvalue weighted by Crippen LogP contribution is -2.30. The Bertz CT molecular complexity index is 266. The van der Waals surface area contributed by atoms with E-state index in [9.17, 15) is 19.2 Å². The summed E-state index contributed by atoms with van der Waals surface area (Å²) in [5.74, 6) is -6.12. The molecule has 0 saturated carbocycles. The Kier molecular flexibility index (Phi) is 4.48. The molecule has 0 aliphatic rings. The lowest BCUT2D eigenvalue weighted by molar-refractivity contribution is -0.151. The molecule has 0 aliphatic carbocycles. The van der Waals surface area contributed by atoms with E-state index in [1.54, 1.807) is 0 Å². The third kappa shape index (κ3) is 3.79. The van der Waals surface area contributed by atoms with Crippen molar-refractivity contribution in [2.24, 2.45) is 5.92 Å². The van der Waals surface area contributed by atoms with Crippen LogP contribution in [0.25, 0.3) is 0 Å². The number of carbonyl (C=O) groups excluding carboxylic acids is 2. The summed E-state index contributed by atoms with van der Waals surface area (Å²) in [5, 5.41) is 16.7. The van der Waals surface area contributed by atoms with Crippen LogP contribution in [-0.2, 0) is 19.2 Å². The van der Waals surface area contributed by atoms with Crippen molar-refractivity contribution < 1.29 is 29.4 Å². The zero-order valence-corrected chi connectivity index (χ0v) is 7.52. The molecule has 1 atom stereocenters. The van der Waals surface area contributed by atoms with Crippen LogP contribution in [0.4, 0.5) is 0 Å². The molecule has 0 aromatic heterocycles. The van der Waals surface area contributed by atoms with Gasteiger partial charge in [-0.2, -0.15) is 0 Å². The van der Waals surface area contributed by atoms with E-state index in [0.29, 0.717) is 0 Å². The summed E-state index contributed by atoms with van der Waals surface area (Å²) >= 11 is 0. The van der Waals surface area contributed by atoms with Gasteiger partial charge in [0.05, 0.1) is 6.42 Å². The van der Waals surface area contributed by atoms with Gasteiger partial charge in [-0.3, -0.25) is 19.2 Å². The van der Waals surface area contributed by atoms with Crippen molar-refractivity contribution in [2.45, 2.75) is 19.8 Å². The number of hydrogen-bond acceptors (Lipinski definition) is 4. The Hall–Kier alpha value is -1.72. The number of aliphatic carboxylic acids is 2. The molecule has 0 rings (SSSR count). The Morgan fingerprint density at radius 1 is 1.07 bits per heavy atom. The quantitative estimate of drug-likeness (QED) is 0.573. The molecule has 0 spiro atoms. The first kappa shape index (κ1) is 12.3. The maximum atomic E-state index is 11.1. The minimum absolute atomic E-state index is 0.439. The summed E-state index contributed by atoms with van der Waals surface area (Å²) in [5.41, 5.74) is 0. The van der Waals surface area contributed by atoms with Crippen LogP contribution in [0, 0.1) is 5.92 Å². The monoisotopic (exact) mass is 202 g/mol. The number of carboxylic acid groups (broad SMARTS) is 2. The third-order valence-electron chi connectivity index (χ3n) is 1.56. The van der Waals surface area contributed by atoms with Crippen molar-refractivity contribution in [3.63, 3.8) is 0 Å². The molecule has 78 valence electrons. The molecule has 0 saturated heterocycles. The maximum Gasteiger partial charge on any atom is 0.321 e. The minimum Gasteiger partial charge on any atom is -0.481 e. The van der Waals surface area contributed by atoms with Gasteiger partial charge in [-0.15, -0.1) is 0 Å². The van der Waals surface area contributed by atoms with Gasteiger partial charge in [-0.1, -0.05) is 0 Å². The Morgan fingerprint density at radius 3 is 1.86 bits per heavy atom. The Balaban J connectivity index is 4.39. The van der Waals surface area contributed by atoms with Crippen molar-refractivity contribution in [3.05, 3.63) is 0 Å². The fraction of sp³-hybridized carbons (Fsp3) is 0.500. The summed E-state index contributed by atoms with van der Waals surface area (Å²) in [6.45, 7) is 0.984. The van der Waals surface area contributed by atoms with Crippen LogP contribution in [0.1, 0.15) is 19.8 Å². The largest absolute Gasteiger partial charge is 0.481 e. The van der Waals surface area contributed by atoms with Gasteiger partial charge in [0.2, 0.25) is 0 Å². The van der Waals surface area contributed by atoms with Crippen LogP contribution in [0.5, 0.6) is 0 Å². The van der Waals surface area contributed by atoms with Crippen molar-refractivity contribution >= 4 is 23.5 Å². The van der Waals surface area contributed by atoms with Gasteiger partial charge >= 0.3 is 11.9 Å². The van der Waals surface area contributed by atoms with Crippen LogP contribution in [-0.4, -0.2) is 33.7 Å². The van der Waals surface area contributed by atoms with E-state index >= 15 is 0 Å². The normalized spacial score (nSPS) is 11.8. The molecular formula is C8H10O6. The van der Waals surface area contributed by atoms with E-state index in [2.05, 4.69) is 0 Å². The standard InChI is InChI=1S/C8H10O6/c1-4(9)7(8(13)14)5(10)2-3-6(11)12/h7H,2-3H2,1H3,(H,11,12)(H,13,14). The molecule has 0 aromatic rings. The van der Waals surface area contributed by atoms with Crippen LogP contribution < -0.4 is 0 Å². The second kappa shape index (κ2) is 5.11. The van der Waals surface area contributed by atoms with Crippen molar-refractivity contribution in [2.75, 3.05) is 0 Å². The third-order valence-corrected chi connectivity index (χ3v) is 1.56. The molecule has 0 aromatic carbocycles. The number of ketones is 2. The highest BCUT2D eigenvalue weighted by Crippen LogP contribution is 2.06. The summed E-state index contributed by atoms with van der Waals surface area (Å²) in [6, 6.07) is 0. The molecule has 0 amide bonds. The van der Waals surface area contributed by atoms with E-state index in [-0.39, 0.29) is 0 Å². The summed E-state index contributed by atoms with van der Waals surface area (Å²) in [4.78, 5) is 42.3. The van der Waals surface area contributed by atoms with E-state index in [0.717, 1.165) is 6.92 Å². The molecule has 0 aliphatic heterocycles. The van der Waals surface area contributed by atoms with Gasteiger partial charge in [-0.05, 0) is 6.92 Å². The molecule has 2 N–H and O–H groups in total. The first-order valence-electron chi connectivity index (χ1n) is 3.84. The number of carbonyl (C=O) groups is 4. The maximum absolute atomic E-state index is 11.1. The summed E-state index contributed by atoms with van der Waals surface area (Å²) in [6.07, 6.45) is -0.901. The lowest BCUT2D eigenvalue weighted by Gasteiger charge is -2.05. The number of Topliss-reactive ketones (excluding diaryl/α,β-unsaturated/α-hetero) is 2. The topological polar surface area (TPSA) is 109 Å². The van der Waals surface area contributed by atoms with Crippen LogP contribution in [0.15, 0.2) is 0 Å². The van der Waals surface area contributed by atoms with Crippen molar-refractivity contribution in [3.8, 4) is 0 Å². The van der Waals surface area contributed by atoms with Gasteiger partial charge in [0, 0.05) is 6.42 Å². The van der Waals surface area contributed by atoms with E-state index in [4.69, 9.17) is 10.2 Å². The smallest absolute Gasteiger partial charge is 0.321 e. The van der Waals surface area contributed by atoms with E-state index in [1.165, 1.54) is 0 Å². The molecule has 6 heteroatoms. The average Bonchev–Trinajstić information content (AvgIpc) is 1.99. The molecule has 1 unspecified atom stereocenters. The molecular weight excluding hydrogens is 192 g/mol. The molecule has 0 fully saturated rings. The number of rotatable bonds is 6. The van der Waals surface area contributed by atoms with Gasteiger partial charge in [0.25, 0.3) is 0 Å². The second-order valence-corrected chi connectivity index (χ2v) is 2.74. The van der Waals surface area contributed by atoms with Crippen molar-refractivity contribution in [1.82, 2.24) is 0 Å².